The van der Waals surface area contributed by atoms with Gasteiger partial charge in [-0.25, -0.2) is 0 Å². The number of rotatable bonds is 2. The Labute approximate surface area is 81.8 Å². The van der Waals surface area contributed by atoms with Crippen LogP contribution in [0.25, 0.3) is 0 Å². The van der Waals surface area contributed by atoms with Crippen LogP contribution in [0.2, 0.25) is 0 Å². The molecule has 1 fully saturated rings. The zero-order valence-electron chi connectivity index (χ0n) is 8.77. The zero-order valence-corrected chi connectivity index (χ0v) is 8.77. The Morgan fingerprint density at radius 3 is 2.85 bits per heavy atom. The third kappa shape index (κ3) is 2.81. The lowest BCUT2D eigenvalue weighted by atomic mass is 10.2. The molecule has 13 heavy (non-hydrogen) atoms. The molecule has 0 radical (unpaired) electrons. The summed E-state index contributed by atoms with van der Waals surface area (Å²) in [6.45, 7) is 9.56. The standard InChI is InChI=1S/C12H19N/c1-4-5-6-8-11(2)13-10-7-9-12(13)3/h11H,3-4,7-10H2,1-2H3. The van der Waals surface area contributed by atoms with Crippen LogP contribution in [0.4, 0.5) is 0 Å². The number of hydrogen-bond donors (Lipinski definition) is 0. The molecule has 1 unspecified atom stereocenters. The second-order valence-electron chi connectivity index (χ2n) is 3.62. The van der Waals surface area contributed by atoms with Crippen LogP contribution < -0.4 is 0 Å². The van der Waals surface area contributed by atoms with Gasteiger partial charge in [-0.1, -0.05) is 13.5 Å². The van der Waals surface area contributed by atoms with Gasteiger partial charge in [-0.2, -0.15) is 0 Å². The highest BCUT2D eigenvalue weighted by atomic mass is 15.2. The molecule has 1 atom stereocenters. The maximum absolute atomic E-state index is 4.06. The average molecular weight is 177 g/mol. The number of hydrogen-bond acceptors (Lipinski definition) is 1. The van der Waals surface area contributed by atoms with Gasteiger partial charge in [0, 0.05) is 31.1 Å². The van der Waals surface area contributed by atoms with Crippen molar-refractivity contribution in [2.24, 2.45) is 0 Å². The molecule has 0 spiro atoms. The fourth-order valence-electron chi connectivity index (χ4n) is 1.74. The van der Waals surface area contributed by atoms with Crippen molar-refractivity contribution in [2.45, 2.75) is 45.6 Å². The summed E-state index contributed by atoms with van der Waals surface area (Å²) in [6, 6.07) is 0.550. The van der Waals surface area contributed by atoms with E-state index in [4.69, 9.17) is 0 Å². The van der Waals surface area contributed by atoms with Crippen molar-refractivity contribution in [1.82, 2.24) is 4.90 Å². The van der Waals surface area contributed by atoms with E-state index in [-0.39, 0.29) is 0 Å². The van der Waals surface area contributed by atoms with Gasteiger partial charge in [-0.15, -0.1) is 11.8 Å². The Bertz CT molecular complexity index is 231. The molecule has 1 heteroatoms. The minimum Gasteiger partial charge on any atom is -0.372 e. The summed E-state index contributed by atoms with van der Waals surface area (Å²) in [6.07, 6.45) is 4.39. The third-order valence-electron chi connectivity index (χ3n) is 2.50. The van der Waals surface area contributed by atoms with E-state index in [0.29, 0.717) is 6.04 Å². The van der Waals surface area contributed by atoms with Crippen LogP contribution in [0.3, 0.4) is 0 Å². The van der Waals surface area contributed by atoms with Gasteiger partial charge in [0.15, 0.2) is 0 Å². The molecular formula is C12H19N. The molecule has 0 aromatic heterocycles. The van der Waals surface area contributed by atoms with Crippen LogP contribution in [-0.4, -0.2) is 17.5 Å². The molecule has 0 bridgehead atoms. The number of nitrogens with zero attached hydrogens (tertiary/aromatic N) is 1. The molecule has 0 aromatic rings. The van der Waals surface area contributed by atoms with E-state index < -0.39 is 0 Å². The molecule has 1 rings (SSSR count). The van der Waals surface area contributed by atoms with E-state index in [9.17, 15) is 0 Å². The Morgan fingerprint density at radius 2 is 2.31 bits per heavy atom. The van der Waals surface area contributed by atoms with E-state index in [1.807, 2.05) is 0 Å². The second kappa shape index (κ2) is 4.97. The number of likely N-dealkylation sites (tertiary alicyclic amines) is 1. The lowest BCUT2D eigenvalue weighted by Gasteiger charge is -2.25. The molecule has 1 aliphatic rings. The molecule has 0 saturated carbocycles. The maximum atomic E-state index is 4.06. The summed E-state index contributed by atoms with van der Waals surface area (Å²) in [7, 11) is 0. The summed E-state index contributed by atoms with van der Waals surface area (Å²) in [5.41, 5.74) is 1.30. The second-order valence-corrected chi connectivity index (χ2v) is 3.62. The first-order chi connectivity index (χ1) is 6.25. The first-order valence-electron chi connectivity index (χ1n) is 5.15. The van der Waals surface area contributed by atoms with Gasteiger partial charge in [0.25, 0.3) is 0 Å². The van der Waals surface area contributed by atoms with E-state index in [0.717, 1.165) is 12.8 Å². The number of allylic oxidation sites excluding steroid dienone is 1. The highest BCUT2D eigenvalue weighted by molar-refractivity contribution is 5.06. The van der Waals surface area contributed by atoms with E-state index in [2.05, 4.69) is 37.2 Å². The SMILES string of the molecule is C=C1CCCN1C(C)CC#CCC. The van der Waals surface area contributed by atoms with E-state index in [1.54, 1.807) is 0 Å². The molecule has 0 aromatic carbocycles. The molecule has 1 nitrogen and oxygen atoms in total. The lowest BCUT2D eigenvalue weighted by Crippen LogP contribution is -2.27. The smallest absolute Gasteiger partial charge is 0.0367 e. The van der Waals surface area contributed by atoms with Gasteiger partial charge in [0.1, 0.15) is 0 Å². The monoisotopic (exact) mass is 177 g/mol. The first-order valence-corrected chi connectivity index (χ1v) is 5.15. The fraction of sp³-hybridized carbons (Fsp3) is 0.667. The van der Waals surface area contributed by atoms with Crippen LogP contribution in [0, 0.1) is 11.8 Å². The van der Waals surface area contributed by atoms with Gasteiger partial charge in [-0.3, -0.25) is 0 Å². The van der Waals surface area contributed by atoms with Crippen LogP contribution in [0.1, 0.15) is 39.5 Å². The van der Waals surface area contributed by atoms with Gasteiger partial charge in [0.2, 0.25) is 0 Å². The Kier molecular flexibility index (Phi) is 3.89. The summed E-state index contributed by atoms with van der Waals surface area (Å²) < 4.78 is 0. The predicted molar refractivity (Wildman–Crippen MR) is 57.2 cm³/mol. The Balaban J connectivity index is 2.38. The maximum Gasteiger partial charge on any atom is 0.0367 e. The predicted octanol–water partition coefficient (Wildman–Crippen LogP) is 2.79. The van der Waals surface area contributed by atoms with Gasteiger partial charge in [-0.05, 0) is 19.8 Å². The highest BCUT2D eigenvalue weighted by Gasteiger charge is 2.19. The summed E-state index contributed by atoms with van der Waals surface area (Å²) in [5.74, 6) is 6.31. The highest BCUT2D eigenvalue weighted by Crippen LogP contribution is 2.22. The molecule has 1 saturated heterocycles. The molecule has 0 amide bonds. The van der Waals surface area contributed by atoms with Crippen LogP contribution in [0.15, 0.2) is 12.3 Å². The lowest BCUT2D eigenvalue weighted by molar-refractivity contribution is 0.309. The zero-order chi connectivity index (χ0) is 9.68. The summed E-state index contributed by atoms with van der Waals surface area (Å²) >= 11 is 0. The van der Waals surface area contributed by atoms with Gasteiger partial charge >= 0.3 is 0 Å². The molecule has 0 N–H and O–H groups in total. The quantitative estimate of drug-likeness (QED) is 0.586. The third-order valence-corrected chi connectivity index (χ3v) is 2.50. The Morgan fingerprint density at radius 1 is 1.54 bits per heavy atom. The minimum absolute atomic E-state index is 0.550. The average Bonchev–Trinajstić information content (AvgIpc) is 2.52. The van der Waals surface area contributed by atoms with Crippen molar-refractivity contribution in [3.63, 3.8) is 0 Å². The molecule has 0 aliphatic carbocycles. The normalized spacial score (nSPS) is 18.3. The van der Waals surface area contributed by atoms with Gasteiger partial charge < -0.3 is 4.90 Å². The molecule has 1 heterocycles. The Hall–Kier alpha value is -0.900. The largest absolute Gasteiger partial charge is 0.372 e. The molecule has 1 aliphatic heterocycles. The summed E-state index contributed by atoms with van der Waals surface area (Å²) in [5, 5.41) is 0. The topological polar surface area (TPSA) is 3.24 Å². The molecule has 72 valence electrons. The van der Waals surface area contributed by atoms with Crippen LogP contribution in [-0.2, 0) is 0 Å². The van der Waals surface area contributed by atoms with Crippen molar-refractivity contribution in [2.75, 3.05) is 6.54 Å². The van der Waals surface area contributed by atoms with Crippen LogP contribution in [0.5, 0.6) is 0 Å². The van der Waals surface area contributed by atoms with E-state index in [1.165, 1.54) is 25.1 Å². The summed E-state index contributed by atoms with van der Waals surface area (Å²) in [4.78, 5) is 2.39. The van der Waals surface area contributed by atoms with Crippen molar-refractivity contribution < 1.29 is 0 Å². The minimum atomic E-state index is 0.550. The van der Waals surface area contributed by atoms with Crippen molar-refractivity contribution in [3.05, 3.63) is 12.3 Å². The fourth-order valence-corrected chi connectivity index (χ4v) is 1.74. The first kappa shape index (κ1) is 10.2. The van der Waals surface area contributed by atoms with Crippen LogP contribution >= 0.6 is 0 Å². The van der Waals surface area contributed by atoms with Gasteiger partial charge in [0.05, 0.1) is 0 Å². The van der Waals surface area contributed by atoms with Crippen molar-refractivity contribution in [3.8, 4) is 11.8 Å². The van der Waals surface area contributed by atoms with Crippen molar-refractivity contribution >= 4 is 0 Å². The van der Waals surface area contributed by atoms with E-state index >= 15 is 0 Å². The van der Waals surface area contributed by atoms with Crippen molar-refractivity contribution in [1.29, 1.82) is 0 Å². The molecular weight excluding hydrogens is 158 g/mol.